The van der Waals surface area contributed by atoms with Gasteiger partial charge in [0.1, 0.15) is 24.1 Å². The number of carbonyl (C=O) groups is 1. The molecule has 0 unspecified atom stereocenters. The van der Waals surface area contributed by atoms with Gasteiger partial charge in [-0.3, -0.25) is 9.59 Å². The molecule has 0 bridgehead atoms. The van der Waals surface area contributed by atoms with Crippen LogP contribution >= 0.6 is 0 Å². The van der Waals surface area contributed by atoms with Crippen molar-refractivity contribution in [2.75, 3.05) is 11.9 Å². The number of rotatable bonds is 6. The second-order valence-corrected chi connectivity index (χ2v) is 7.46. The first-order valence-electron chi connectivity index (χ1n) is 10.6. The van der Waals surface area contributed by atoms with Crippen LogP contribution in [0.2, 0.25) is 0 Å². The molecule has 0 fully saturated rings. The van der Waals surface area contributed by atoms with Gasteiger partial charge in [0.2, 0.25) is 5.91 Å². The van der Waals surface area contributed by atoms with Crippen LogP contribution in [0.4, 0.5) is 5.69 Å². The maximum atomic E-state index is 13.0. The molecule has 2 heterocycles. The van der Waals surface area contributed by atoms with Gasteiger partial charge in [-0.1, -0.05) is 54.6 Å². The summed E-state index contributed by atoms with van der Waals surface area (Å²) in [6.07, 6.45) is 1.44. The fourth-order valence-corrected chi connectivity index (χ4v) is 3.81. The topological polar surface area (TPSA) is 90.5 Å². The van der Waals surface area contributed by atoms with E-state index in [9.17, 15) is 9.59 Å². The molecule has 1 amide bonds. The van der Waals surface area contributed by atoms with Crippen molar-refractivity contribution in [3.63, 3.8) is 0 Å². The Balaban J connectivity index is 1.45. The molecule has 1 N–H and O–H groups in total. The Kier molecular flexibility index (Phi) is 5.32. The highest BCUT2D eigenvalue weighted by atomic mass is 16.5. The van der Waals surface area contributed by atoms with Gasteiger partial charge in [0.25, 0.3) is 5.56 Å². The number of carbonyl (C=O) groups excluding carboxylic acids is 1. The standard InChI is InChI=1S/C25H21N5O3/c1-2-33-23-13-6-5-12-20(23)27-24(31)15-29-25(32)22-14-21(28-30(22)16-26-29)19-11-7-9-17-8-3-4-10-18(17)19/h3-14,16H,2,15H2,1H3,(H,27,31). The van der Waals surface area contributed by atoms with Crippen molar-refractivity contribution >= 4 is 27.9 Å². The highest BCUT2D eigenvalue weighted by molar-refractivity contribution is 5.96. The molecule has 33 heavy (non-hydrogen) atoms. The monoisotopic (exact) mass is 439 g/mol. The molecule has 8 nitrogen and oxygen atoms in total. The van der Waals surface area contributed by atoms with Crippen molar-refractivity contribution in [3.8, 4) is 17.0 Å². The van der Waals surface area contributed by atoms with E-state index < -0.39 is 5.56 Å². The Bertz CT molecular complexity index is 1530. The third kappa shape index (κ3) is 3.94. The van der Waals surface area contributed by atoms with E-state index in [1.54, 1.807) is 24.3 Å². The van der Waals surface area contributed by atoms with Crippen molar-refractivity contribution in [1.29, 1.82) is 0 Å². The second kappa shape index (κ2) is 8.58. The van der Waals surface area contributed by atoms with Crippen LogP contribution in [-0.2, 0) is 11.3 Å². The van der Waals surface area contributed by atoms with Gasteiger partial charge < -0.3 is 10.1 Å². The molecule has 3 aromatic carbocycles. The number of para-hydroxylation sites is 2. The first-order valence-corrected chi connectivity index (χ1v) is 10.6. The number of hydrogen-bond donors (Lipinski definition) is 1. The van der Waals surface area contributed by atoms with E-state index in [-0.39, 0.29) is 12.5 Å². The van der Waals surface area contributed by atoms with Crippen molar-refractivity contribution in [1.82, 2.24) is 19.4 Å². The van der Waals surface area contributed by atoms with Crippen LogP contribution in [0.25, 0.3) is 27.5 Å². The lowest BCUT2D eigenvalue weighted by atomic mass is 10.0. The van der Waals surface area contributed by atoms with Crippen molar-refractivity contribution in [3.05, 3.63) is 89.5 Å². The van der Waals surface area contributed by atoms with Gasteiger partial charge in [0.15, 0.2) is 0 Å². The predicted molar refractivity (Wildman–Crippen MR) is 126 cm³/mol. The fourth-order valence-electron chi connectivity index (χ4n) is 3.81. The van der Waals surface area contributed by atoms with Crippen LogP contribution < -0.4 is 15.6 Å². The third-order valence-electron chi connectivity index (χ3n) is 5.31. The van der Waals surface area contributed by atoms with Crippen LogP contribution in [-0.4, -0.2) is 31.9 Å². The van der Waals surface area contributed by atoms with Gasteiger partial charge in [-0.25, -0.2) is 9.20 Å². The minimum absolute atomic E-state index is 0.232. The van der Waals surface area contributed by atoms with E-state index in [1.807, 2.05) is 55.5 Å². The number of nitrogens with zero attached hydrogens (tertiary/aromatic N) is 4. The number of hydrogen-bond acceptors (Lipinski definition) is 5. The summed E-state index contributed by atoms with van der Waals surface area (Å²) in [5, 5.41) is 13.6. The van der Waals surface area contributed by atoms with Crippen LogP contribution in [0.1, 0.15) is 6.92 Å². The number of ether oxygens (including phenoxy) is 1. The van der Waals surface area contributed by atoms with Crippen LogP contribution in [0, 0.1) is 0 Å². The lowest BCUT2D eigenvalue weighted by molar-refractivity contribution is -0.117. The molecule has 5 rings (SSSR count). The zero-order valence-electron chi connectivity index (χ0n) is 17.9. The first kappa shape index (κ1) is 20.4. The first-order chi connectivity index (χ1) is 16.1. The van der Waals surface area contributed by atoms with E-state index in [1.165, 1.54) is 10.8 Å². The minimum atomic E-state index is -0.398. The summed E-state index contributed by atoms with van der Waals surface area (Å²) in [6, 6.07) is 22.9. The summed E-state index contributed by atoms with van der Waals surface area (Å²) in [4.78, 5) is 25.6. The number of amides is 1. The van der Waals surface area contributed by atoms with Gasteiger partial charge in [0, 0.05) is 5.56 Å². The summed E-state index contributed by atoms with van der Waals surface area (Å²) >= 11 is 0. The Hall–Kier alpha value is -4.46. The minimum Gasteiger partial charge on any atom is -0.492 e. The average Bonchev–Trinajstić information content (AvgIpc) is 3.27. The number of aromatic nitrogens is 4. The van der Waals surface area contributed by atoms with Gasteiger partial charge >= 0.3 is 0 Å². The lowest BCUT2D eigenvalue weighted by Crippen LogP contribution is -2.30. The summed E-state index contributed by atoms with van der Waals surface area (Å²) in [6.45, 7) is 2.12. The number of anilines is 1. The zero-order valence-corrected chi connectivity index (χ0v) is 17.9. The molecule has 0 radical (unpaired) electrons. The zero-order chi connectivity index (χ0) is 22.8. The molecule has 0 aliphatic heterocycles. The maximum Gasteiger partial charge on any atom is 0.293 e. The Morgan fingerprint density at radius 3 is 2.70 bits per heavy atom. The van der Waals surface area contributed by atoms with Gasteiger partial charge in [-0.2, -0.15) is 10.2 Å². The highest BCUT2D eigenvalue weighted by Gasteiger charge is 2.14. The summed E-state index contributed by atoms with van der Waals surface area (Å²) in [5.74, 6) is 0.189. The van der Waals surface area contributed by atoms with E-state index >= 15 is 0 Å². The molecule has 0 aliphatic rings. The predicted octanol–water partition coefficient (Wildman–Crippen LogP) is 3.75. The largest absolute Gasteiger partial charge is 0.492 e. The maximum absolute atomic E-state index is 13.0. The highest BCUT2D eigenvalue weighted by Crippen LogP contribution is 2.28. The third-order valence-corrected chi connectivity index (χ3v) is 5.31. The van der Waals surface area contributed by atoms with Gasteiger partial charge in [0.05, 0.1) is 18.0 Å². The van der Waals surface area contributed by atoms with Crippen molar-refractivity contribution in [2.45, 2.75) is 13.5 Å². The molecule has 0 spiro atoms. The second-order valence-electron chi connectivity index (χ2n) is 7.46. The fraction of sp³-hybridized carbons (Fsp3) is 0.120. The molecule has 0 atom stereocenters. The molecule has 2 aromatic heterocycles. The SMILES string of the molecule is CCOc1ccccc1NC(=O)Cn1ncn2nc(-c3cccc4ccccc34)cc2c1=O. The smallest absolute Gasteiger partial charge is 0.293 e. The number of benzene rings is 3. The summed E-state index contributed by atoms with van der Waals surface area (Å²) < 4.78 is 8.10. The van der Waals surface area contributed by atoms with Crippen molar-refractivity contribution < 1.29 is 9.53 Å². The van der Waals surface area contributed by atoms with E-state index in [0.29, 0.717) is 29.3 Å². The molecule has 8 heteroatoms. The van der Waals surface area contributed by atoms with Crippen LogP contribution in [0.3, 0.4) is 0 Å². The molecular formula is C25H21N5O3. The molecular weight excluding hydrogens is 418 g/mol. The Morgan fingerprint density at radius 2 is 1.82 bits per heavy atom. The van der Waals surface area contributed by atoms with Crippen molar-refractivity contribution in [2.24, 2.45) is 0 Å². The molecule has 0 aliphatic carbocycles. The molecule has 0 saturated carbocycles. The number of fused-ring (bicyclic) bond motifs is 2. The quantitative estimate of drug-likeness (QED) is 0.435. The lowest BCUT2D eigenvalue weighted by Gasteiger charge is -2.11. The number of nitrogens with one attached hydrogen (secondary N) is 1. The Morgan fingerprint density at radius 1 is 1.03 bits per heavy atom. The molecule has 0 saturated heterocycles. The normalized spacial score (nSPS) is 11.1. The van der Waals surface area contributed by atoms with E-state index in [0.717, 1.165) is 21.0 Å². The van der Waals surface area contributed by atoms with E-state index in [2.05, 4.69) is 15.5 Å². The molecule has 164 valence electrons. The van der Waals surface area contributed by atoms with Crippen LogP contribution in [0.15, 0.2) is 83.9 Å². The summed E-state index contributed by atoms with van der Waals surface area (Å²) in [5.41, 5.74) is 2.08. The molecule has 5 aromatic rings. The summed E-state index contributed by atoms with van der Waals surface area (Å²) in [7, 11) is 0. The van der Waals surface area contributed by atoms with Crippen LogP contribution in [0.5, 0.6) is 5.75 Å². The van der Waals surface area contributed by atoms with Gasteiger partial charge in [-0.15, -0.1) is 0 Å². The van der Waals surface area contributed by atoms with Gasteiger partial charge in [-0.05, 0) is 35.9 Å². The Labute approximate surface area is 189 Å². The van der Waals surface area contributed by atoms with E-state index in [4.69, 9.17) is 4.74 Å². The average molecular weight is 439 g/mol.